The van der Waals surface area contributed by atoms with Gasteiger partial charge < -0.3 is 9.73 Å². The number of halogens is 2. The molecule has 166 valence electrons. The Labute approximate surface area is 193 Å². The third-order valence-corrected chi connectivity index (χ3v) is 6.53. The highest BCUT2D eigenvalue weighted by Gasteiger charge is 2.19. The van der Waals surface area contributed by atoms with E-state index in [1.165, 1.54) is 6.07 Å². The Kier molecular flexibility index (Phi) is 6.01. The Morgan fingerprint density at radius 1 is 1.00 bits per heavy atom. The molecule has 32 heavy (non-hydrogen) atoms. The average molecular weight is 500 g/mol. The molecule has 0 fully saturated rings. The summed E-state index contributed by atoms with van der Waals surface area (Å²) in [5.41, 5.74) is 4.38. The number of nitrogens with one attached hydrogen (secondary N) is 1. The van der Waals surface area contributed by atoms with E-state index >= 15 is 0 Å². The molecule has 9 heteroatoms. The molecule has 3 heterocycles. The van der Waals surface area contributed by atoms with Crippen LogP contribution in [0.1, 0.15) is 44.7 Å². The van der Waals surface area contributed by atoms with Gasteiger partial charge in [-0.05, 0) is 61.8 Å². The van der Waals surface area contributed by atoms with Crippen molar-refractivity contribution in [1.29, 1.82) is 0 Å². The lowest BCUT2D eigenvalue weighted by Crippen LogP contribution is -2.13. The summed E-state index contributed by atoms with van der Waals surface area (Å²) in [6.07, 6.45) is 0. The number of furan rings is 1. The molecule has 0 aliphatic rings. The van der Waals surface area contributed by atoms with Crippen molar-refractivity contribution < 1.29 is 13.6 Å². The minimum atomic E-state index is -0.373. The van der Waals surface area contributed by atoms with Gasteiger partial charge >= 0.3 is 0 Å². The number of nitrogens with zero attached hydrogens (tertiary/aromatic N) is 4. The summed E-state index contributed by atoms with van der Waals surface area (Å²) in [5, 5.41) is 11.8. The summed E-state index contributed by atoms with van der Waals surface area (Å²) >= 11 is 3.51. The van der Waals surface area contributed by atoms with E-state index < -0.39 is 0 Å². The van der Waals surface area contributed by atoms with Crippen molar-refractivity contribution in [2.45, 2.75) is 40.8 Å². The molecule has 0 saturated heterocycles. The Bertz CT molecular complexity index is 1300. The first-order valence-electron chi connectivity index (χ1n) is 10.1. The zero-order valence-corrected chi connectivity index (χ0v) is 19.8. The Morgan fingerprint density at radius 2 is 1.69 bits per heavy atom. The summed E-state index contributed by atoms with van der Waals surface area (Å²) in [6, 6.07) is 9.97. The highest BCUT2D eigenvalue weighted by molar-refractivity contribution is 9.10. The van der Waals surface area contributed by atoms with Crippen LogP contribution in [-0.2, 0) is 13.1 Å². The number of aromatic nitrogens is 4. The molecule has 0 spiro atoms. The van der Waals surface area contributed by atoms with E-state index in [1.807, 2.05) is 25.5 Å². The summed E-state index contributed by atoms with van der Waals surface area (Å²) in [7, 11) is 0. The fraction of sp³-hybridized carbons (Fsp3) is 0.261. The molecule has 0 aliphatic heterocycles. The average Bonchev–Trinajstić information content (AvgIpc) is 3.40. The monoisotopic (exact) mass is 499 g/mol. The lowest BCUT2D eigenvalue weighted by Gasteiger charge is -2.07. The van der Waals surface area contributed by atoms with Gasteiger partial charge in [-0.15, -0.1) is 0 Å². The van der Waals surface area contributed by atoms with E-state index in [0.29, 0.717) is 29.2 Å². The van der Waals surface area contributed by atoms with Crippen LogP contribution in [0.3, 0.4) is 0 Å². The molecule has 1 aromatic carbocycles. The molecule has 7 nitrogen and oxygen atoms in total. The predicted octanol–water partition coefficient (Wildman–Crippen LogP) is 5.16. The van der Waals surface area contributed by atoms with E-state index in [1.54, 1.807) is 41.9 Å². The number of anilines is 1. The number of hydrogen-bond acceptors (Lipinski definition) is 4. The van der Waals surface area contributed by atoms with Crippen LogP contribution in [0.2, 0.25) is 0 Å². The van der Waals surface area contributed by atoms with Crippen LogP contribution in [0.15, 0.2) is 45.3 Å². The maximum Gasteiger partial charge on any atom is 0.291 e. The van der Waals surface area contributed by atoms with E-state index in [0.717, 1.165) is 21.6 Å². The topological polar surface area (TPSA) is 77.9 Å². The molecule has 4 rings (SSSR count). The summed E-state index contributed by atoms with van der Waals surface area (Å²) in [5.74, 6) is 0.157. The molecule has 0 unspecified atom stereocenters. The zero-order chi connectivity index (χ0) is 23.0. The quantitative estimate of drug-likeness (QED) is 0.397. The van der Waals surface area contributed by atoms with Gasteiger partial charge in [-0.2, -0.15) is 10.2 Å². The number of rotatable bonds is 6. The number of hydrogen-bond donors (Lipinski definition) is 1. The van der Waals surface area contributed by atoms with E-state index in [-0.39, 0.29) is 24.0 Å². The van der Waals surface area contributed by atoms with Crippen molar-refractivity contribution in [2.75, 3.05) is 5.32 Å². The molecule has 3 aromatic heterocycles. The fourth-order valence-corrected chi connectivity index (χ4v) is 3.84. The molecule has 0 saturated carbocycles. The second kappa shape index (κ2) is 8.74. The van der Waals surface area contributed by atoms with Crippen molar-refractivity contribution in [3.63, 3.8) is 0 Å². The molecule has 0 atom stereocenters. The minimum Gasteiger partial charge on any atom is -0.454 e. The number of carbonyl (C=O) groups is 1. The van der Waals surface area contributed by atoms with Crippen LogP contribution >= 0.6 is 15.9 Å². The fourth-order valence-electron chi connectivity index (χ4n) is 3.56. The van der Waals surface area contributed by atoms with Crippen LogP contribution in [0.5, 0.6) is 0 Å². The van der Waals surface area contributed by atoms with Gasteiger partial charge in [0.1, 0.15) is 11.6 Å². The number of aryl methyl sites for hydroxylation is 2. The molecule has 0 aliphatic carbocycles. The lowest BCUT2D eigenvalue weighted by molar-refractivity contribution is 0.0994. The molecule has 1 N–H and O–H groups in total. The molecular weight excluding hydrogens is 477 g/mol. The first kappa shape index (κ1) is 22.0. The van der Waals surface area contributed by atoms with Crippen molar-refractivity contribution in [3.8, 4) is 0 Å². The van der Waals surface area contributed by atoms with Gasteiger partial charge in [0.2, 0.25) is 0 Å². The zero-order valence-electron chi connectivity index (χ0n) is 18.2. The molecule has 0 radical (unpaired) electrons. The SMILES string of the molecule is Cc1nn(Cc2ccc(C(=O)Nc3c(C)nn(Cc4ccccc4F)c3C)o2)c(C)c1Br. The maximum atomic E-state index is 14.0. The standard InChI is InChI=1S/C23H23BrFN5O2/c1-13-21(24)15(3)30(27-13)12-18-9-10-20(32-18)23(31)26-22-14(2)28-29(16(22)4)11-17-7-5-6-8-19(17)25/h5-10H,11-12H2,1-4H3,(H,26,31). The van der Waals surface area contributed by atoms with Gasteiger partial charge in [0.25, 0.3) is 5.91 Å². The van der Waals surface area contributed by atoms with Crippen LogP contribution < -0.4 is 5.32 Å². The van der Waals surface area contributed by atoms with E-state index in [2.05, 4.69) is 31.4 Å². The van der Waals surface area contributed by atoms with Crippen molar-refractivity contribution in [1.82, 2.24) is 19.6 Å². The molecule has 0 bridgehead atoms. The van der Waals surface area contributed by atoms with Crippen molar-refractivity contribution in [2.24, 2.45) is 0 Å². The highest BCUT2D eigenvalue weighted by Crippen LogP contribution is 2.24. The van der Waals surface area contributed by atoms with Gasteiger partial charge in [0.05, 0.1) is 46.0 Å². The summed E-state index contributed by atoms with van der Waals surface area (Å²) in [6.45, 7) is 8.22. The number of amides is 1. The van der Waals surface area contributed by atoms with Crippen LogP contribution in [0.4, 0.5) is 10.1 Å². The van der Waals surface area contributed by atoms with Crippen LogP contribution in [-0.4, -0.2) is 25.5 Å². The molecular formula is C23H23BrFN5O2. The van der Waals surface area contributed by atoms with E-state index in [9.17, 15) is 9.18 Å². The molecule has 1 amide bonds. The van der Waals surface area contributed by atoms with Gasteiger partial charge in [-0.3, -0.25) is 14.2 Å². The van der Waals surface area contributed by atoms with Gasteiger partial charge in [-0.1, -0.05) is 18.2 Å². The molecule has 4 aromatic rings. The van der Waals surface area contributed by atoms with Crippen LogP contribution in [0, 0.1) is 33.5 Å². The van der Waals surface area contributed by atoms with Gasteiger partial charge in [0, 0.05) is 5.56 Å². The smallest absolute Gasteiger partial charge is 0.291 e. The summed E-state index contributed by atoms with van der Waals surface area (Å²) in [4.78, 5) is 12.8. The van der Waals surface area contributed by atoms with Crippen LogP contribution in [0.25, 0.3) is 0 Å². The summed E-state index contributed by atoms with van der Waals surface area (Å²) < 4.78 is 24.2. The first-order valence-corrected chi connectivity index (χ1v) is 10.9. The highest BCUT2D eigenvalue weighted by atomic mass is 79.9. The third-order valence-electron chi connectivity index (χ3n) is 5.38. The van der Waals surface area contributed by atoms with Crippen molar-refractivity contribution >= 4 is 27.5 Å². The van der Waals surface area contributed by atoms with Gasteiger partial charge in [0.15, 0.2) is 5.76 Å². The van der Waals surface area contributed by atoms with Crippen molar-refractivity contribution in [3.05, 3.63) is 86.5 Å². The Morgan fingerprint density at radius 3 is 2.38 bits per heavy atom. The Hall–Kier alpha value is -3.20. The first-order chi connectivity index (χ1) is 15.2. The largest absolute Gasteiger partial charge is 0.454 e. The Balaban J connectivity index is 1.49. The number of benzene rings is 1. The normalized spacial score (nSPS) is 11.2. The van der Waals surface area contributed by atoms with Gasteiger partial charge in [-0.25, -0.2) is 4.39 Å². The lowest BCUT2D eigenvalue weighted by atomic mass is 10.2. The predicted molar refractivity (Wildman–Crippen MR) is 122 cm³/mol. The minimum absolute atomic E-state index is 0.196. The maximum absolute atomic E-state index is 14.0. The second-order valence-corrected chi connectivity index (χ2v) is 8.45. The number of carbonyl (C=O) groups excluding carboxylic acids is 1. The third kappa shape index (κ3) is 4.25. The van der Waals surface area contributed by atoms with E-state index in [4.69, 9.17) is 4.42 Å². The second-order valence-electron chi connectivity index (χ2n) is 7.66.